The van der Waals surface area contributed by atoms with E-state index in [1.165, 1.54) is 11.0 Å². The first-order valence-corrected chi connectivity index (χ1v) is 8.56. The zero-order valence-electron chi connectivity index (χ0n) is 14.4. The molecule has 0 saturated carbocycles. The first-order valence-electron chi connectivity index (χ1n) is 8.56. The number of halogens is 2. The van der Waals surface area contributed by atoms with Gasteiger partial charge in [0.15, 0.2) is 5.82 Å². The lowest BCUT2D eigenvalue weighted by molar-refractivity contribution is -0.118. The van der Waals surface area contributed by atoms with Crippen LogP contribution in [-0.2, 0) is 17.6 Å². The second kappa shape index (κ2) is 7.29. The van der Waals surface area contributed by atoms with Crippen molar-refractivity contribution in [1.29, 1.82) is 0 Å². The smallest absolute Gasteiger partial charge is 0.227 e. The summed E-state index contributed by atoms with van der Waals surface area (Å²) in [5.41, 5.74) is 0.771. The van der Waals surface area contributed by atoms with Crippen molar-refractivity contribution in [3.63, 3.8) is 0 Å². The highest BCUT2D eigenvalue weighted by Crippen LogP contribution is 2.31. The summed E-state index contributed by atoms with van der Waals surface area (Å²) in [6.07, 6.45) is 2.55. The fourth-order valence-corrected chi connectivity index (χ4v) is 3.03. The molecule has 0 fully saturated rings. The first-order chi connectivity index (χ1) is 12.0. The molecule has 0 spiro atoms. The van der Waals surface area contributed by atoms with Gasteiger partial charge in [-0.05, 0) is 30.9 Å². The lowest BCUT2D eigenvalue weighted by Gasteiger charge is -2.30. The molecule has 2 aromatic rings. The Hall–Kier alpha value is -2.31. The van der Waals surface area contributed by atoms with Crippen molar-refractivity contribution in [1.82, 2.24) is 10.1 Å². The molecule has 3 rings (SSSR count). The van der Waals surface area contributed by atoms with Gasteiger partial charge in [-0.1, -0.05) is 19.0 Å². The number of aryl methyl sites for hydroxylation is 2. The van der Waals surface area contributed by atoms with E-state index in [1.54, 1.807) is 0 Å². The molecule has 2 heterocycles. The largest absolute Gasteiger partial charge is 0.339 e. The lowest BCUT2D eigenvalue weighted by Crippen LogP contribution is -2.36. The van der Waals surface area contributed by atoms with E-state index in [0.29, 0.717) is 49.5 Å². The Morgan fingerprint density at radius 2 is 2.16 bits per heavy atom. The maximum Gasteiger partial charge on any atom is 0.227 e. The molecule has 0 unspecified atom stereocenters. The van der Waals surface area contributed by atoms with Gasteiger partial charge in [0, 0.05) is 31.4 Å². The van der Waals surface area contributed by atoms with Crippen LogP contribution < -0.4 is 4.90 Å². The van der Waals surface area contributed by atoms with E-state index in [0.717, 1.165) is 6.07 Å². The van der Waals surface area contributed by atoms with Crippen LogP contribution in [-0.4, -0.2) is 22.6 Å². The number of hydrogen-bond donors (Lipinski definition) is 0. The lowest BCUT2D eigenvalue weighted by atomic mass is 10.0. The minimum Gasteiger partial charge on any atom is -0.339 e. The minimum absolute atomic E-state index is 0.171. The van der Waals surface area contributed by atoms with E-state index < -0.39 is 11.6 Å². The maximum atomic E-state index is 14.1. The summed E-state index contributed by atoms with van der Waals surface area (Å²) in [6.45, 7) is 4.40. The zero-order chi connectivity index (χ0) is 18.0. The normalized spacial score (nSPS) is 14.0. The van der Waals surface area contributed by atoms with Crippen molar-refractivity contribution in [2.75, 3.05) is 11.4 Å². The predicted octanol–water partition coefficient (Wildman–Crippen LogP) is 3.77. The van der Waals surface area contributed by atoms with Gasteiger partial charge in [-0.25, -0.2) is 8.78 Å². The van der Waals surface area contributed by atoms with E-state index in [-0.39, 0.29) is 23.9 Å². The van der Waals surface area contributed by atoms with Crippen LogP contribution in [0.1, 0.15) is 56.3 Å². The summed E-state index contributed by atoms with van der Waals surface area (Å²) < 4.78 is 32.7. The summed E-state index contributed by atoms with van der Waals surface area (Å²) in [7, 11) is 0. The summed E-state index contributed by atoms with van der Waals surface area (Å²) in [6, 6.07) is 2.14. The van der Waals surface area contributed by atoms with Gasteiger partial charge in [0.05, 0.1) is 5.69 Å². The van der Waals surface area contributed by atoms with Crippen molar-refractivity contribution in [3.8, 4) is 0 Å². The van der Waals surface area contributed by atoms with Crippen LogP contribution in [0.4, 0.5) is 14.5 Å². The Bertz CT molecular complexity index is 774. The van der Waals surface area contributed by atoms with Crippen LogP contribution in [0, 0.1) is 11.6 Å². The SMILES string of the molecule is CC(C)c1noc(CCCC(=O)N2CCCc3cc(F)cc(F)c32)n1. The van der Waals surface area contributed by atoms with Gasteiger partial charge < -0.3 is 9.42 Å². The molecule has 0 N–H and O–H groups in total. The van der Waals surface area contributed by atoms with Gasteiger partial charge in [0.1, 0.15) is 11.6 Å². The Labute approximate surface area is 145 Å². The molecular formula is C18H21F2N3O2. The Morgan fingerprint density at radius 3 is 2.88 bits per heavy atom. The summed E-state index contributed by atoms with van der Waals surface area (Å²) in [5, 5.41) is 3.89. The highest BCUT2D eigenvalue weighted by Gasteiger charge is 2.26. The Balaban J connectivity index is 1.63. The third-order valence-electron chi connectivity index (χ3n) is 4.29. The second-order valence-electron chi connectivity index (χ2n) is 6.60. The van der Waals surface area contributed by atoms with Gasteiger partial charge in [-0.15, -0.1) is 0 Å². The van der Waals surface area contributed by atoms with E-state index in [4.69, 9.17) is 4.52 Å². The van der Waals surface area contributed by atoms with Gasteiger partial charge in [-0.2, -0.15) is 4.98 Å². The summed E-state index contributed by atoms with van der Waals surface area (Å²) in [5.74, 6) is -0.119. The van der Waals surface area contributed by atoms with Gasteiger partial charge in [0.2, 0.25) is 11.8 Å². The molecule has 0 bridgehead atoms. The Kier molecular flexibility index (Phi) is 5.11. The third kappa shape index (κ3) is 3.86. The molecule has 0 radical (unpaired) electrons. The van der Waals surface area contributed by atoms with Crippen LogP contribution in [0.25, 0.3) is 0 Å². The maximum absolute atomic E-state index is 14.1. The van der Waals surface area contributed by atoms with Crippen LogP contribution in [0.15, 0.2) is 16.7 Å². The topological polar surface area (TPSA) is 59.2 Å². The van der Waals surface area contributed by atoms with Crippen molar-refractivity contribution in [2.24, 2.45) is 0 Å². The van der Waals surface area contributed by atoms with E-state index in [2.05, 4.69) is 10.1 Å². The monoisotopic (exact) mass is 349 g/mol. The number of aromatic nitrogens is 2. The van der Waals surface area contributed by atoms with Crippen molar-refractivity contribution in [3.05, 3.63) is 41.0 Å². The molecule has 1 aromatic carbocycles. The molecule has 5 nitrogen and oxygen atoms in total. The van der Waals surface area contributed by atoms with Crippen molar-refractivity contribution in [2.45, 2.75) is 51.9 Å². The van der Waals surface area contributed by atoms with Crippen LogP contribution in [0.5, 0.6) is 0 Å². The van der Waals surface area contributed by atoms with Gasteiger partial charge in [-0.3, -0.25) is 4.79 Å². The van der Waals surface area contributed by atoms with E-state index in [9.17, 15) is 13.6 Å². The van der Waals surface area contributed by atoms with E-state index >= 15 is 0 Å². The molecule has 25 heavy (non-hydrogen) atoms. The number of amides is 1. The number of fused-ring (bicyclic) bond motifs is 1. The number of anilines is 1. The minimum atomic E-state index is -0.679. The summed E-state index contributed by atoms with van der Waals surface area (Å²) in [4.78, 5) is 18.2. The van der Waals surface area contributed by atoms with Crippen molar-refractivity contribution >= 4 is 11.6 Å². The van der Waals surface area contributed by atoms with Crippen molar-refractivity contribution < 1.29 is 18.1 Å². The standard InChI is InChI=1S/C18H21F2N3O2/c1-11(2)18-21-15(25-22-18)6-3-7-16(24)23-8-4-5-12-9-13(19)10-14(20)17(12)23/h9-11H,3-8H2,1-2H3. The van der Waals surface area contributed by atoms with Crippen LogP contribution in [0.2, 0.25) is 0 Å². The number of carbonyl (C=O) groups excluding carboxylic acids is 1. The average molecular weight is 349 g/mol. The average Bonchev–Trinajstić information content (AvgIpc) is 3.03. The first kappa shape index (κ1) is 17.5. The molecule has 1 amide bonds. The quantitative estimate of drug-likeness (QED) is 0.824. The molecule has 1 aliphatic rings. The van der Waals surface area contributed by atoms with Crippen LogP contribution in [0.3, 0.4) is 0 Å². The molecule has 134 valence electrons. The van der Waals surface area contributed by atoms with Gasteiger partial charge >= 0.3 is 0 Å². The molecule has 7 heteroatoms. The van der Waals surface area contributed by atoms with E-state index in [1.807, 2.05) is 13.8 Å². The molecular weight excluding hydrogens is 328 g/mol. The zero-order valence-corrected chi connectivity index (χ0v) is 14.4. The molecule has 1 aliphatic heterocycles. The van der Waals surface area contributed by atoms with Gasteiger partial charge in [0.25, 0.3) is 0 Å². The second-order valence-corrected chi connectivity index (χ2v) is 6.60. The number of carbonyl (C=O) groups is 1. The number of rotatable bonds is 5. The fraction of sp³-hybridized carbons (Fsp3) is 0.500. The third-order valence-corrected chi connectivity index (χ3v) is 4.29. The predicted molar refractivity (Wildman–Crippen MR) is 88.4 cm³/mol. The van der Waals surface area contributed by atoms with Crippen LogP contribution >= 0.6 is 0 Å². The fourth-order valence-electron chi connectivity index (χ4n) is 3.03. The number of hydrogen-bond acceptors (Lipinski definition) is 4. The molecule has 0 saturated heterocycles. The summed E-state index contributed by atoms with van der Waals surface area (Å²) >= 11 is 0. The number of nitrogens with zero attached hydrogens (tertiary/aromatic N) is 3. The highest BCUT2D eigenvalue weighted by molar-refractivity contribution is 5.94. The molecule has 1 aromatic heterocycles. The number of benzene rings is 1. The highest BCUT2D eigenvalue weighted by atomic mass is 19.1. The molecule has 0 atom stereocenters. The molecule has 0 aliphatic carbocycles. The Morgan fingerprint density at radius 1 is 1.36 bits per heavy atom.